The highest BCUT2D eigenvalue weighted by atomic mass is 31.2. The lowest BCUT2D eigenvalue weighted by Gasteiger charge is -2.23. The summed E-state index contributed by atoms with van der Waals surface area (Å²) in [6, 6.07) is 0. The molecule has 0 aliphatic rings. The summed E-state index contributed by atoms with van der Waals surface area (Å²) in [7, 11) is 4.30. The molecule has 1 amide bonds. The number of allylic oxidation sites excluding steroid dienone is 2. The van der Waals surface area contributed by atoms with Crippen molar-refractivity contribution in [2.24, 2.45) is 0 Å². The lowest BCUT2D eigenvalue weighted by Crippen LogP contribution is -2.37. The van der Waals surface area contributed by atoms with Crippen molar-refractivity contribution in [3.8, 4) is 0 Å². The minimum atomic E-state index is -3.40. The summed E-state index contributed by atoms with van der Waals surface area (Å²) in [6.07, 6.45) is 23.4. The quantitative estimate of drug-likeness (QED) is 0.0975. The van der Waals surface area contributed by atoms with Crippen molar-refractivity contribution in [1.82, 2.24) is 5.32 Å². The van der Waals surface area contributed by atoms with Crippen LogP contribution in [-0.2, 0) is 13.9 Å². The van der Waals surface area contributed by atoms with Crippen molar-refractivity contribution in [2.45, 2.75) is 103 Å². The summed E-state index contributed by atoms with van der Waals surface area (Å²) in [5.41, 5.74) is 0. The topological polar surface area (TPSA) is 78.5 Å². The standard InChI is InChI=1S/C24H48N2O.C2H7O3P/c1-5-6-7-8-9-10-11-12-13-14-15-16-17-18-19-21-24(27)25-22-20-23-26(2,3)4;1-5-6(2,3)4/h12-13H,5-11,14-23H2,1-4H3;1-2H3,(H,3,4). The van der Waals surface area contributed by atoms with Gasteiger partial charge in [-0.3, -0.25) is 4.79 Å². The molecule has 0 aliphatic heterocycles. The van der Waals surface area contributed by atoms with Crippen molar-refractivity contribution < 1.29 is 23.3 Å². The van der Waals surface area contributed by atoms with E-state index in [0.29, 0.717) is 6.42 Å². The molecule has 0 aliphatic carbocycles. The molecule has 1 unspecified atom stereocenters. The molecule has 1 N–H and O–H groups in total. The van der Waals surface area contributed by atoms with Crippen LogP contribution in [0, 0.1) is 0 Å². The van der Waals surface area contributed by atoms with E-state index in [9.17, 15) is 14.3 Å². The van der Waals surface area contributed by atoms with Crippen molar-refractivity contribution >= 4 is 13.5 Å². The van der Waals surface area contributed by atoms with E-state index in [1.165, 1.54) is 77.0 Å². The Morgan fingerprint density at radius 2 is 1.33 bits per heavy atom. The fraction of sp³-hybridized carbons (Fsp3) is 0.885. The normalized spacial score (nSPS) is 13.4. The van der Waals surface area contributed by atoms with E-state index in [-0.39, 0.29) is 5.91 Å². The molecule has 1 atom stereocenters. The molecule has 0 fully saturated rings. The van der Waals surface area contributed by atoms with Crippen molar-refractivity contribution in [2.75, 3.05) is 48.0 Å². The molecule has 0 saturated carbocycles. The number of nitrogens with one attached hydrogen (secondary N) is 1. The molecule has 0 radical (unpaired) electrons. The summed E-state index contributed by atoms with van der Waals surface area (Å²) >= 11 is 0. The van der Waals surface area contributed by atoms with Gasteiger partial charge in [-0.15, -0.1) is 0 Å². The first-order chi connectivity index (χ1) is 15.5. The van der Waals surface area contributed by atoms with Gasteiger partial charge in [-0.25, -0.2) is 0 Å². The van der Waals surface area contributed by atoms with Gasteiger partial charge in [0.25, 0.3) is 0 Å². The van der Waals surface area contributed by atoms with Gasteiger partial charge in [-0.1, -0.05) is 70.4 Å². The number of hydrogen-bond acceptors (Lipinski definition) is 4. The molecule has 0 rings (SSSR count). The minimum absolute atomic E-state index is 0.231. The van der Waals surface area contributed by atoms with Gasteiger partial charge in [0.15, 0.2) is 0 Å². The van der Waals surface area contributed by atoms with Crippen LogP contribution in [0.4, 0.5) is 0 Å². The highest BCUT2D eigenvalue weighted by molar-refractivity contribution is 7.50. The largest absolute Gasteiger partial charge is 0.779 e. The third kappa shape index (κ3) is 36.1. The van der Waals surface area contributed by atoms with Gasteiger partial charge in [0.1, 0.15) is 7.60 Å². The Hall–Kier alpha value is -0.680. The zero-order valence-corrected chi connectivity index (χ0v) is 23.6. The van der Waals surface area contributed by atoms with Crippen LogP contribution in [0.2, 0.25) is 0 Å². The summed E-state index contributed by atoms with van der Waals surface area (Å²) in [5.74, 6) is 0.231. The number of hydrogen-bond donors (Lipinski definition) is 1. The average Bonchev–Trinajstić information content (AvgIpc) is 2.73. The molecule has 0 heterocycles. The van der Waals surface area contributed by atoms with E-state index < -0.39 is 7.60 Å². The Morgan fingerprint density at radius 1 is 0.879 bits per heavy atom. The fourth-order valence-corrected chi connectivity index (χ4v) is 3.23. The molecule has 0 aromatic heterocycles. The molecule has 7 heteroatoms. The number of carbonyl (C=O) groups excluding carboxylic acids is 1. The van der Waals surface area contributed by atoms with Gasteiger partial charge >= 0.3 is 0 Å². The third-order valence-corrected chi connectivity index (χ3v) is 5.99. The Labute approximate surface area is 205 Å². The maximum absolute atomic E-state index is 11.8. The van der Waals surface area contributed by atoms with Crippen molar-refractivity contribution in [3.63, 3.8) is 0 Å². The van der Waals surface area contributed by atoms with Crippen LogP contribution in [0.3, 0.4) is 0 Å². The fourth-order valence-electron chi connectivity index (χ4n) is 3.23. The lowest BCUT2D eigenvalue weighted by atomic mass is 10.1. The first-order valence-electron chi connectivity index (χ1n) is 13.1. The van der Waals surface area contributed by atoms with E-state index in [4.69, 9.17) is 0 Å². The Balaban J connectivity index is 0. The molecule has 0 bridgehead atoms. The van der Waals surface area contributed by atoms with E-state index >= 15 is 0 Å². The molecular formula is C26H55N2O4P. The number of quaternary nitrogens is 1. The molecule has 198 valence electrons. The molecule has 0 spiro atoms. The van der Waals surface area contributed by atoms with Crippen LogP contribution in [0.25, 0.3) is 0 Å². The maximum atomic E-state index is 11.8. The van der Waals surface area contributed by atoms with Crippen molar-refractivity contribution in [1.29, 1.82) is 0 Å². The van der Waals surface area contributed by atoms with Gasteiger partial charge < -0.3 is 23.8 Å². The van der Waals surface area contributed by atoms with Gasteiger partial charge in [-0.05, 0) is 32.1 Å². The van der Waals surface area contributed by atoms with Gasteiger partial charge in [0.05, 0.1) is 27.7 Å². The third-order valence-electron chi connectivity index (χ3n) is 5.33. The molecule has 0 aromatic carbocycles. The zero-order valence-electron chi connectivity index (χ0n) is 22.7. The number of amides is 1. The summed E-state index contributed by atoms with van der Waals surface area (Å²) < 4.78 is 14.7. The van der Waals surface area contributed by atoms with E-state index in [1.807, 2.05) is 0 Å². The predicted octanol–water partition coefficient (Wildman–Crippen LogP) is 6.05. The molecule has 0 aromatic rings. The Kier molecular flexibility index (Phi) is 24.1. The lowest BCUT2D eigenvalue weighted by molar-refractivity contribution is -0.870. The summed E-state index contributed by atoms with van der Waals surface area (Å²) in [5, 5.41) is 3.05. The molecule has 6 nitrogen and oxygen atoms in total. The van der Waals surface area contributed by atoms with E-state index in [2.05, 4.69) is 50.1 Å². The maximum Gasteiger partial charge on any atom is 0.219 e. The Morgan fingerprint density at radius 3 is 1.79 bits per heavy atom. The number of unbranched alkanes of at least 4 members (excludes halogenated alkanes) is 11. The van der Waals surface area contributed by atoms with Crippen LogP contribution < -0.4 is 10.2 Å². The Bertz CT molecular complexity index is 513. The van der Waals surface area contributed by atoms with Gasteiger partial charge in [0.2, 0.25) is 5.91 Å². The van der Waals surface area contributed by atoms with Crippen LogP contribution >= 0.6 is 7.60 Å². The monoisotopic (exact) mass is 490 g/mol. The smallest absolute Gasteiger partial charge is 0.219 e. The van der Waals surface area contributed by atoms with Crippen LogP contribution in [-0.4, -0.2) is 58.4 Å². The van der Waals surface area contributed by atoms with Gasteiger partial charge in [-0.2, -0.15) is 0 Å². The van der Waals surface area contributed by atoms with Crippen LogP contribution in [0.5, 0.6) is 0 Å². The van der Waals surface area contributed by atoms with Crippen molar-refractivity contribution in [3.05, 3.63) is 12.2 Å². The number of carbonyl (C=O) groups is 1. The van der Waals surface area contributed by atoms with E-state index in [0.717, 1.165) is 44.2 Å². The second-order valence-electron chi connectivity index (χ2n) is 10.0. The number of rotatable bonds is 20. The first kappa shape index (κ1) is 34.5. The summed E-state index contributed by atoms with van der Waals surface area (Å²) in [6.45, 7) is 5.22. The molecule has 0 saturated heterocycles. The first-order valence-corrected chi connectivity index (χ1v) is 15.1. The second kappa shape index (κ2) is 23.1. The van der Waals surface area contributed by atoms with E-state index in [1.54, 1.807) is 0 Å². The summed E-state index contributed by atoms with van der Waals surface area (Å²) in [4.78, 5) is 21.6. The highest BCUT2D eigenvalue weighted by Gasteiger charge is 2.06. The molecular weight excluding hydrogens is 435 g/mol. The highest BCUT2D eigenvalue weighted by Crippen LogP contribution is 2.28. The van der Waals surface area contributed by atoms with Gasteiger partial charge in [0, 0.05) is 33.2 Å². The minimum Gasteiger partial charge on any atom is -0.779 e. The second-order valence-corrected chi connectivity index (χ2v) is 11.9. The zero-order chi connectivity index (χ0) is 25.4. The molecule has 33 heavy (non-hydrogen) atoms. The van der Waals surface area contributed by atoms with Crippen LogP contribution in [0.15, 0.2) is 12.2 Å². The number of nitrogens with zero attached hydrogens (tertiary/aromatic N) is 1. The predicted molar refractivity (Wildman–Crippen MR) is 141 cm³/mol. The van der Waals surface area contributed by atoms with Crippen LogP contribution in [0.1, 0.15) is 103 Å². The SMILES string of the molecule is CCCCCCCCC=CCCCCCCCC(=O)NCCC[N+](C)(C)C.COP(C)(=O)[O-]. The average molecular weight is 491 g/mol.